The molecule has 2 amide bonds. The molecule has 2 rings (SSSR count). The molecule has 0 aliphatic carbocycles. The summed E-state index contributed by atoms with van der Waals surface area (Å²) in [6.45, 7) is -0.335. The molecule has 0 aromatic heterocycles. The molecule has 0 fully saturated rings. The number of rotatable bonds is 8. The average Bonchev–Trinajstić information content (AvgIpc) is 2.64. The van der Waals surface area contributed by atoms with Crippen LogP contribution in [-0.4, -0.2) is 31.5 Å². The van der Waals surface area contributed by atoms with Crippen LogP contribution in [0.4, 0.5) is 0 Å². The van der Waals surface area contributed by atoms with Crippen molar-refractivity contribution >= 4 is 17.8 Å². The van der Waals surface area contributed by atoms with E-state index in [1.54, 1.807) is 24.3 Å². The number of esters is 1. The summed E-state index contributed by atoms with van der Waals surface area (Å²) in [6.07, 6.45) is 0. The third-order valence-electron chi connectivity index (χ3n) is 3.35. The minimum Gasteiger partial charge on any atom is -0.493 e. The molecule has 0 heterocycles. The van der Waals surface area contributed by atoms with Crippen molar-refractivity contribution in [3.8, 4) is 11.5 Å². The van der Waals surface area contributed by atoms with E-state index in [2.05, 4.69) is 0 Å². The number of methoxy groups -OCH3 is 1. The third kappa shape index (κ3) is 4.97. The quantitative estimate of drug-likeness (QED) is 0.677. The van der Waals surface area contributed by atoms with E-state index in [0.29, 0.717) is 11.1 Å². The first-order chi connectivity index (χ1) is 12.4. The Kier molecular flexibility index (Phi) is 6.15. The maximum Gasteiger partial charge on any atom is 0.338 e. The third-order valence-corrected chi connectivity index (χ3v) is 3.35. The van der Waals surface area contributed by atoms with Crippen LogP contribution in [0.5, 0.6) is 11.5 Å². The molecule has 4 N–H and O–H groups in total. The van der Waals surface area contributed by atoms with Gasteiger partial charge >= 0.3 is 5.97 Å². The predicted octanol–water partition coefficient (Wildman–Crippen LogP) is 1.02. The molecular formula is C18H18N2O6. The van der Waals surface area contributed by atoms with Gasteiger partial charge < -0.3 is 25.7 Å². The zero-order valence-electron chi connectivity index (χ0n) is 14.1. The van der Waals surface area contributed by atoms with Crippen molar-refractivity contribution < 1.29 is 28.6 Å². The van der Waals surface area contributed by atoms with Crippen molar-refractivity contribution in [2.75, 3.05) is 13.7 Å². The second-order valence-electron chi connectivity index (χ2n) is 5.26. The van der Waals surface area contributed by atoms with Crippen LogP contribution < -0.4 is 20.9 Å². The largest absolute Gasteiger partial charge is 0.493 e. The van der Waals surface area contributed by atoms with Gasteiger partial charge in [0, 0.05) is 5.56 Å². The minimum atomic E-state index is -0.631. The lowest BCUT2D eigenvalue weighted by atomic mass is 10.1. The van der Waals surface area contributed by atoms with Crippen LogP contribution in [-0.2, 0) is 16.1 Å². The first kappa shape index (κ1) is 18.8. The molecule has 0 aliphatic rings. The highest BCUT2D eigenvalue weighted by molar-refractivity contribution is 5.93. The first-order valence-electron chi connectivity index (χ1n) is 7.55. The fraction of sp³-hybridized carbons (Fsp3) is 0.167. The summed E-state index contributed by atoms with van der Waals surface area (Å²) in [5, 5.41) is 0. The second-order valence-corrected chi connectivity index (χ2v) is 5.26. The van der Waals surface area contributed by atoms with Gasteiger partial charge in [-0.2, -0.15) is 0 Å². The summed E-state index contributed by atoms with van der Waals surface area (Å²) in [5.41, 5.74) is 11.4. The van der Waals surface area contributed by atoms with Crippen molar-refractivity contribution in [3.63, 3.8) is 0 Å². The summed E-state index contributed by atoms with van der Waals surface area (Å²) in [4.78, 5) is 34.2. The van der Waals surface area contributed by atoms with Gasteiger partial charge in [0.15, 0.2) is 18.1 Å². The maximum absolute atomic E-state index is 12.2. The Hall–Kier alpha value is -3.55. The van der Waals surface area contributed by atoms with Gasteiger partial charge in [-0.05, 0) is 35.9 Å². The van der Waals surface area contributed by atoms with Gasteiger partial charge in [0.05, 0.1) is 12.7 Å². The van der Waals surface area contributed by atoms with Crippen LogP contribution in [0.25, 0.3) is 0 Å². The lowest BCUT2D eigenvalue weighted by molar-refractivity contribution is -0.119. The number of carbonyl (C=O) groups excluding carboxylic acids is 3. The van der Waals surface area contributed by atoms with Crippen LogP contribution >= 0.6 is 0 Å². The zero-order chi connectivity index (χ0) is 19.1. The van der Waals surface area contributed by atoms with Crippen LogP contribution in [0.2, 0.25) is 0 Å². The molecule has 0 spiro atoms. The van der Waals surface area contributed by atoms with Crippen molar-refractivity contribution in [1.82, 2.24) is 0 Å². The Labute approximate surface area is 149 Å². The SMILES string of the molecule is COc1cc(C(=O)OCc2cccc(C(N)=O)c2)ccc1OCC(N)=O. The number of nitrogens with two attached hydrogens (primary N) is 2. The molecule has 0 unspecified atom stereocenters. The van der Waals surface area contributed by atoms with Gasteiger partial charge in [-0.15, -0.1) is 0 Å². The highest BCUT2D eigenvalue weighted by Crippen LogP contribution is 2.28. The Morgan fingerprint density at radius 1 is 0.962 bits per heavy atom. The Morgan fingerprint density at radius 2 is 1.73 bits per heavy atom. The van der Waals surface area contributed by atoms with E-state index >= 15 is 0 Å². The molecule has 2 aromatic carbocycles. The fourth-order valence-corrected chi connectivity index (χ4v) is 2.11. The normalized spacial score (nSPS) is 10.0. The van der Waals surface area contributed by atoms with E-state index in [9.17, 15) is 14.4 Å². The van der Waals surface area contributed by atoms with Crippen molar-refractivity contribution in [2.24, 2.45) is 11.5 Å². The molecule has 136 valence electrons. The highest BCUT2D eigenvalue weighted by Gasteiger charge is 2.13. The van der Waals surface area contributed by atoms with Crippen molar-refractivity contribution in [3.05, 3.63) is 59.2 Å². The molecule has 0 aliphatic heterocycles. The van der Waals surface area contributed by atoms with E-state index in [4.69, 9.17) is 25.7 Å². The van der Waals surface area contributed by atoms with Crippen molar-refractivity contribution in [2.45, 2.75) is 6.61 Å². The molecule has 0 radical (unpaired) electrons. The Bertz CT molecular complexity index is 834. The molecule has 0 bridgehead atoms. The lowest BCUT2D eigenvalue weighted by Crippen LogP contribution is -2.20. The number of amides is 2. The topological polar surface area (TPSA) is 131 Å². The molecule has 0 saturated carbocycles. The molecule has 26 heavy (non-hydrogen) atoms. The average molecular weight is 358 g/mol. The number of ether oxygens (including phenoxy) is 3. The number of carbonyl (C=O) groups is 3. The lowest BCUT2D eigenvalue weighted by Gasteiger charge is -2.11. The standard InChI is InChI=1S/C18H18N2O6/c1-24-15-8-13(5-6-14(15)25-10-16(19)21)18(23)26-9-11-3-2-4-12(7-11)17(20)22/h2-8H,9-10H2,1H3,(H2,19,21)(H2,20,22). The number of benzene rings is 2. The van der Waals surface area contributed by atoms with Crippen LogP contribution in [0.3, 0.4) is 0 Å². The molecule has 0 atom stereocenters. The van der Waals surface area contributed by atoms with Gasteiger partial charge in [-0.25, -0.2) is 4.79 Å². The highest BCUT2D eigenvalue weighted by atomic mass is 16.5. The predicted molar refractivity (Wildman–Crippen MR) is 91.8 cm³/mol. The van der Waals surface area contributed by atoms with E-state index in [1.807, 2.05) is 0 Å². The van der Waals surface area contributed by atoms with Gasteiger partial charge in [-0.3, -0.25) is 9.59 Å². The first-order valence-corrected chi connectivity index (χ1v) is 7.55. The van der Waals surface area contributed by atoms with Crippen LogP contribution in [0.1, 0.15) is 26.3 Å². The van der Waals surface area contributed by atoms with E-state index in [1.165, 1.54) is 25.3 Å². The van der Waals surface area contributed by atoms with Crippen LogP contribution in [0, 0.1) is 0 Å². The summed E-state index contributed by atoms with van der Waals surface area (Å²) in [6, 6.07) is 10.9. The van der Waals surface area contributed by atoms with Gasteiger partial charge in [-0.1, -0.05) is 12.1 Å². The van der Waals surface area contributed by atoms with E-state index in [-0.39, 0.29) is 30.3 Å². The summed E-state index contributed by atoms with van der Waals surface area (Å²) < 4.78 is 15.6. The summed E-state index contributed by atoms with van der Waals surface area (Å²) in [7, 11) is 1.40. The molecule has 0 saturated heterocycles. The second kappa shape index (κ2) is 8.52. The van der Waals surface area contributed by atoms with E-state index in [0.717, 1.165) is 0 Å². The zero-order valence-corrected chi connectivity index (χ0v) is 14.1. The molecule has 2 aromatic rings. The Balaban J connectivity index is 2.06. The molecule has 8 heteroatoms. The number of hydrogen-bond acceptors (Lipinski definition) is 6. The number of primary amides is 2. The minimum absolute atomic E-state index is 0.0256. The Morgan fingerprint density at radius 3 is 2.38 bits per heavy atom. The van der Waals surface area contributed by atoms with Gasteiger partial charge in [0.2, 0.25) is 5.91 Å². The number of hydrogen-bond donors (Lipinski definition) is 2. The fourth-order valence-electron chi connectivity index (χ4n) is 2.11. The summed E-state index contributed by atoms with van der Waals surface area (Å²) in [5.74, 6) is -1.24. The molecular weight excluding hydrogens is 340 g/mol. The maximum atomic E-state index is 12.2. The van der Waals surface area contributed by atoms with Crippen LogP contribution in [0.15, 0.2) is 42.5 Å². The monoisotopic (exact) mass is 358 g/mol. The van der Waals surface area contributed by atoms with Gasteiger partial charge in [0.25, 0.3) is 5.91 Å². The smallest absolute Gasteiger partial charge is 0.338 e. The van der Waals surface area contributed by atoms with Crippen molar-refractivity contribution in [1.29, 1.82) is 0 Å². The summed E-state index contributed by atoms with van der Waals surface area (Å²) >= 11 is 0. The molecule has 8 nitrogen and oxygen atoms in total. The van der Waals surface area contributed by atoms with Gasteiger partial charge in [0.1, 0.15) is 6.61 Å². The van der Waals surface area contributed by atoms with E-state index < -0.39 is 17.8 Å².